The average Bonchev–Trinajstić information content (AvgIpc) is 2.37. The third-order valence-electron chi connectivity index (χ3n) is 4.27. The van der Waals surface area contributed by atoms with Crippen LogP contribution in [0.1, 0.15) is 36.8 Å². The molecule has 0 saturated heterocycles. The maximum Gasteiger partial charge on any atom is 0.0549 e. The van der Waals surface area contributed by atoms with Crippen LogP contribution in [0.3, 0.4) is 0 Å². The Morgan fingerprint density at radius 3 is 2.80 bits per heavy atom. The summed E-state index contributed by atoms with van der Waals surface area (Å²) in [4.78, 5) is 2.20. The lowest BCUT2D eigenvalue weighted by Crippen LogP contribution is -2.43. The summed E-state index contributed by atoms with van der Waals surface area (Å²) < 4.78 is 0. The van der Waals surface area contributed by atoms with Crippen molar-refractivity contribution in [1.82, 2.24) is 4.90 Å². The van der Waals surface area contributed by atoms with Crippen LogP contribution in [0.15, 0.2) is 24.8 Å². The molecule has 0 amide bonds. The van der Waals surface area contributed by atoms with E-state index in [1.165, 1.54) is 5.56 Å². The third kappa shape index (κ3) is 3.25. The fourth-order valence-electron chi connectivity index (χ4n) is 3.46. The molecular formula is C17H24ClNO. The Morgan fingerprint density at radius 2 is 2.25 bits per heavy atom. The van der Waals surface area contributed by atoms with Gasteiger partial charge in [0.1, 0.15) is 0 Å². The molecule has 0 heterocycles. The molecule has 1 aromatic rings. The number of halogens is 1. The number of aliphatic hydroxyl groups is 1. The lowest BCUT2D eigenvalue weighted by Gasteiger charge is -2.42. The van der Waals surface area contributed by atoms with Gasteiger partial charge in [0.15, 0.2) is 0 Å². The van der Waals surface area contributed by atoms with Gasteiger partial charge in [0.05, 0.1) is 6.10 Å². The Bertz CT molecular complexity index is 482. The van der Waals surface area contributed by atoms with E-state index in [0.29, 0.717) is 0 Å². The normalized spacial score (nSPS) is 26.8. The van der Waals surface area contributed by atoms with Gasteiger partial charge in [0.25, 0.3) is 0 Å². The van der Waals surface area contributed by atoms with Crippen LogP contribution in [-0.4, -0.2) is 36.8 Å². The van der Waals surface area contributed by atoms with Crippen molar-refractivity contribution in [3.63, 3.8) is 0 Å². The van der Waals surface area contributed by atoms with Crippen LogP contribution in [0.5, 0.6) is 0 Å². The summed E-state index contributed by atoms with van der Waals surface area (Å²) in [7, 11) is 4.17. The standard InChI is InChI=1S/C17H24ClNO/c1-4-13-7-8-14(10-16(13)18)17(12-19(2)3)9-5-6-15(20)11-17/h4,7-8,10,15,20H,1,5-6,9,11-12H2,2-3H3/t15-,17-/m1/s1. The molecule has 110 valence electrons. The highest BCUT2D eigenvalue weighted by Gasteiger charge is 2.38. The minimum Gasteiger partial charge on any atom is -0.393 e. The lowest BCUT2D eigenvalue weighted by molar-refractivity contribution is 0.0721. The van der Waals surface area contributed by atoms with E-state index in [-0.39, 0.29) is 11.5 Å². The zero-order valence-electron chi connectivity index (χ0n) is 12.4. The second kappa shape index (κ2) is 6.30. The van der Waals surface area contributed by atoms with Gasteiger partial charge in [-0.05, 0) is 57.0 Å². The van der Waals surface area contributed by atoms with Gasteiger partial charge in [0.2, 0.25) is 0 Å². The first-order valence-corrected chi connectivity index (χ1v) is 7.60. The van der Waals surface area contributed by atoms with Gasteiger partial charge in [-0.1, -0.05) is 36.4 Å². The molecule has 2 rings (SSSR count). The molecule has 0 unspecified atom stereocenters. The number of nitrogens with zero attached hydrogens (tertiary/aromatic N) is 1. The van der Waals surface area contributed by atoms with Crippen LogP contribution in [-0.2, 0) is 5.41 Å². The van der Waals surface area contributed by atoms with E-state index >= 15 is 0 Å². The van der Waals surface area contributed by atoms with Crippen LogP contribution < -0.4 is 0 Å². The summed E-state index contributed by atoms with van der Waals surface area (Å²) in [5.74, 6) is 0. The number of hydrogen-bond acceptors (Lipinski definition) is 2. The number of hydrogen-bond donors (Lipinski definition) is 1. The first-order chi connectivity index (χ1) is 9.47. The van der Waals surface area contributed by atoms with Gasteiger partial charge >= 0.3 is 0 Å². The smallest absolute Gasteiger partial charge is 0.0549 e. The fraction of sp³-hybridized carbons (Fsp3) is 0.529. The summed E-state index contributed by atoms with van der Waals surface area (Å²) >= 11 is 6.34. The molecule has 0 bridgehead atoms. The van der Waals surface area contributed by atoms with Crippen LogP contribution >= 0.6 is 11.6 Å². The van der Waals surface area contributed by atoms with Gasteiger partial charge in [-0.15, -0.1) is 0 Å². The van der Waals surface area contributed by atoms with Crippen molar-refractivity contribution in [2.24, 2.45) is 0 Å². The van der Waals surface area contributed by atoms with Crippen molar-refractivity contribution in [1.29, 1.82) is 0 Å². The van der Waals surface area contributed by atoms with Crippen LogP contribution in [0.25, 0.3) is 6.08 Å². The second-order valence-electron chi connectivity index (χ2n) is 6.21. The van der Waals surface area contributed by atoms with Crippen molar-refractivity contribution < 1.29 is 5.11 Å². The molecule has 1 aliphatic carbocycles. The molecule has 1 fully saturated rings. The van der Waals surface area contributed by atoms with Crippen molar-refractivity contribution in [3.8, 4) is 0 Å². The predicted octanol–water partition coefficient (Wildman–Crippen LogP) is 3.72. The zero-order valence-corrected chi connectivity index (χ0v) is 13.2. The van der Waals surface area contributed by atoms with Crippen LogP contribution in [0.2, 0.25) is 5.02 Å². The van der Waals surface area contributed by atoms with Crippen LogP contribution in [0.4, 0.5) is 0 Å². The Morgan fingerprint density at radius 1 is 1.50 bits per heavy atom. The van der Waals surface area contributed by atoms with E-state index in [1.807, 2.05) is 6.07 Å². The van der Waals surface area contributed by atoms with Gasteiger partial charge in [0, 0.05) is 17.0 Å². The molecule has 0 spiro atoms. The SMILES string of the molecule is C=Cc1ccc([C@]2(CN(C)C)CCC[C@@H](O)C2)cc1Cl. The van der Waals surface area contributed by atoms with Crippen molar-refractivity contribution in [2.75, 3.05) is 20.6 Å². The molecule has 0 aromatic heterocycles. The molecule has 2 nitrogen and oxygen atoms in total. The van der Waals surface area contributed by atoms with Crippen LogP contribution in [0, 0.1) is 0 Å². The summed E-state index contributed by atoms with van der Waals surface area (Å²) in [5.41, 5.74) is 2.21. The van der Waals surface area contributed by atoms with Gasteiger partial charge in [-0.3, -0.25) is 0 Å². The number of likely N-dealkylation sites (N-methyl/N-ethyl adjacent to an activating group) is 1. The molecule has 1 N–H and O–H groups in total. The summed E-state index contributed by atoms with van der Waals surface area (Å²) in [6.07, 6.45) is 5.46. The average molecular weight is 294 g/mol. The van der Waals surface area contributed by atoms with E-state index < -0.39 is 0 Å². The molecule has 1 aliphatic rings. The Balaban J connectivity index is 2.40. The molecule has 1 aromatic carbocycles. The van der Waals surface area contributed by atoms with Crippen molar-refractivity contribution in [2.45, 2.75) is 37.2 Å². The van der Waals surface area contributed by atoms with Gasteiger partial charge in [-0.25, -0.2) is 0 Å². The summed E-state index contributed by atoms with van der Waals surface area (Å²) in [5, 5.41) is 10.9. The van der Waals surface area contributed by atoms with E-state index in [0.717, 1.165) is 42.8 Å². The number of benzene rings is 1. The Hall–Kier alpha value is -0.830. The molecule has 20 heavy (non-hydrogen) atoms. The zero-order chi connectivity index (χ0) is 14.8. The summed E-state index contributed by atoms with van der Waals surface area (Å²) in [6.45, 7) is 4.72. The van der Waals surface area contributed by atoms with E-state index in [1.54, 1.807) is 6.08 Å². The van der Waals surface area contributed by atoms with Gasteiger partial charge in [-0.2, -0.15) is 0 Å². The topological polar surface area (TPSA) is 23.5 Å². The molecule has 0 aliphatic heterocycles. The highest BCUT2D eigenvalue weighted by Crippen LogP contribution is 2.41. The molecular weight excluding hydrogens is 270 g/mol. The number of aliphatic hydroxyl groups excluding tert-OH is 1. The van der Waals surface area contributed by atoms with Crippen molar-refractivity contribution >= 4 is 17.7 Å². The Labute approximate surface area is 127 Å². The monoisotopic (exact) mass is 293 g/mol. The van der Waals surface area contributed by atoms with E-state index in [2.05, 4.69) is 37.7 Å². The second-order valence-corrected chi connectivity index (χ2v) is 6.62. The maximum atomic E-state index is 10.1. The van der Waals surface area contributed by atoms with Gasteiger partial charge < -0.3 is 10.0 Å². The lowest BCUT2D eigenvalue weighted by atomic mass is 9.68. The minimum absolute atomic E-state index is 0.00447. The van der Waals surface area contributed by atoms with E-state index in [9.17, 15) is 5.11 Å². The largest absolute Gasteiger partial charge is 0.393 e. The minimum atomic E-state index is -0.207. The summed E-state index contributed by atoms with van der Waals surface area (Å²) in [6, 6.07) is 6.23. The van der Waals surface area contributed by atoms with E-state index in [4.69, 9.17) is 11.6 Å². The first-order valence-electron chi connectivity index (χ1n) is 7.22. The number of rotatable bonds is 4. The molecule has 1 saturated carbocycles. The highest BCUT2D eigenvalue weighted by molar-refractivity contribution is 6.32. The molecule has 0 radical (unpaired) electrons. The fourth-order valence-corrected chi connectivity index (χ4v) is 3.71. The molecule has 2 atom stereocenters. The highest BCUT2D eigenvalue weighted by atomic mass is 35.5. The predicted molar refractivity (Wildman–Crippen MR) is 86.2 cm³/mol. The Kier molecular flexibility index (Phi) is 4.90. The molecule has 3 heteroatoms. The first kappa shape index (κ1) is 15.6. The third-order valence-corrected chi connectivity index (χ3v) is 4.60. The van der Waals surface area contributed by atoms with Crippen molar-refractivity contribution in [3.05, 3.63) is 40.9 Å². The quantitative estimate of drug-likeness (QED) is 0.914. The maximum absolute atomic E-state index is 10.1.